The molecule has 0 aliphatic heterocycles. The van der Waals surface area contributed by atoms with Crippen LogP contribution in [0.4, 0.5) is 10.6 Å². The Labute approximate surface area is 117 Å². The lowest BCUT2D eigenvalue weighted by Crippen LogP contribution is -2.27. The van der Waals surface area contributed by atoms with Crippen LogP contribution in [0, 0.1) is 0 Å². The number of pyridine rings is 1. The van der Waals surface area contributed by atoms with Crippen molar-refractivity contribution in [3.63, 3.8) is 0 Å². The lowest BCUT2D eigenvalue weighted by atomic mass is 10.2. The predicted molar refractivity (Wildman–Crippen MR) is 73.5 cm³/mol. The molecule has 0 aliphatic rings. The van der Waals surface area contributed by atoms with Crippen LogP contribution in [0.3, 0.4) is 0 Å². The molecule has 1 aromatic rings. The molecule has 0 atom stereocenters. The van der Waals surface area contributed by atoms with Crippen LogP contribution in [0.15, 0.2) is 23.4 Å². The molecule has 0 aliphatic carbocycles. The zero-order valence-electron chi connectivity index (χ0n) is 11.8. The Bertz CT molecular complexity index is 521. The zero-order chi connectivity index (χ0) is 15.2. The van der Waals surface area contributed by atoms with Crippen LogP contribution in [-0.4, -0.2) is 28.9 Å². The van der Waals surface area contributed by atoms with Crippen LogP contribution in [0.1, 0.15) is 33.4 Å². The summed E-state index contributed by atoms with van der Waals surface area (Å²) >= 11 is 0. The summed E-state index contributed by atoms with van der Waals surface area (Å²) < 4.78 is 5.10. The number of hydrogen-bond donors (Lipinski definition) is 1. The van der Waals surface area contributed by atoms with Crippen molar-refractivity contribution in [1.29, 1.82) is 0 Å². The van der Waals surface area contributed by atoms with Gasteiger partial charge in [0, 0.05) is 6.92 Å². The van der Waals surface area contributed by atoms with Gasteiger partial charge in [0.25, 0.3) is 0 Å². The number of carbonyl (C=O) groups is 2. The second kappa shape index (κ2) is 6.65. The summed E-state index contributed by atoms with van der Waals surface area (Å²) in [6.45, 7) is 6.54. The van der Waals surface area contributed by atoms with Crippen molar-refractivity contribution >= 4 is 24.1 Å². The fraction of sp³-hybridized carbons (Fsp3) is 0.385. The smallest absolute Gasteiger partial charge is 0.413 e. The summed E-state index contributed by atoms with van der Waals surface area (Å²) in [5.41, 5.74) is -0.154. The second-order valence-corrected chi connectivity index (χ2v) is 4.89. The first-order valence-electron chi connectivity index (χ1n) is 5.94. The van der Waals surface area contributed by atoms with Crippen molar-refractivity contribution in [2.75, 3.05) is 5.32 Å². The molecule has 0 bridgehead atoms. The highest BCUT2D eigenvalue weighted by atomic mass is 16.7. The largest absolute Gasteiger partial charge is 0.444 e. The molecule has 1 aromatic heterocycles. The van der Waals surface area contributed by atoms with E-state index in [9.17, 15) is 9.59 Å². The second-order valence-electron chi connectivity index (χ2n) is 4.89. The fourth-order valence-corrected chi connectivity index (χ4v) is 1.16. The van der Waals surface area contributed by atoms with Gasteiger partial charge in [0.2, 0.25) is 0 Å². The first-order chi connectivity index (χ1) is 9.26. The van der Waals surface area contributed by atoms with E-state index in [1.165, 1.54) is 13.1 Å². The molecule has 0 spiro atoms. The number of nitrogens with zero attached hydrogens (tertiary/aromatic N) is 2. The lowest BCUT2D eigenvalue weighted by molar-refractivity contribution is -0.140. The highest BCUT2D eigenvalue weighted by Crippen LogP contribution is 2.10. The summed E-state index contributed by atoms with van der Waals surface area (Å²) in [5, 5.41) is 5.94. The maximum absolute atomic E-state index is 11.6. The van der Waals surface area contributed by atoms with E-state index in [1.807, 2.05) is 0 Å². The molecule has 1 rings (SSSR count). The molecule has 1 N–H and O–H groups in total. The molecule has 7 heteroatoms. The van der Waals surface area contributed by atoms with E-state index in [-0.39, 0.29) is 0 Å². The Morgan fingerprint density at radius 3 is 2.65 bits per heavy atom. The van der Waals surface area contributed by atoms with Crippen molar-refractivity contribution < 1.29 is 19.2 Å². The van der Waals surface area contributed by atoms with Crippen LogP contribution in [0.25, 0.3) is 0 Å². The maximum atomic E-state index is 11.6. The van der Waals surface area contributed by atoms with E-state index in [1.54, 1.807) is 39.0 Å². The minimum atomic E-state index is -0.598. The normalized spacial score (nSPS) is 11.2. The molecule has 1 heterocycles. The Hall–Kier alpha value is -2.44. The summed E-state index contributed by atoms with van der Waals surface area (Å²) in [6.07, 6.45) is 0.667. The predicted octanol–water partition coefficient (Wildman–Crippen LogP) is 2.33. The summed E-state index contributed by atoms with van der Waals surface area (Å²) in [7, 11) is 0. The Kier molecular flexibility index (Phi) is 5.19. The third kappa shape index (κ3) is 6.48. The van der Waals surface area contributed by atoms with E-state index < -0.39 is 17.7 Å². The van der Waals surface area contributed by atoms with Gasteiger partial charge in [0.15, 0.2) is 0 Å². The number of nitrogens with one attached hydrogen (secondary N) is 1. The Morgan fingerprint density at radius 1 is 1.35 bits per heavy atom. The number of anilines is 1. The standard InChI is InChI=1S/C13H17N3O4/c1-9(17)20-14-8-10-6-5-7-11(15-10)16-12(18)19-13(2,3)4/h5-8H,1-4H3,(H,15,16,18). The number of carbonyl (C=O) groups excluding carboxylic acids is 2. The topological polar surface area (TPSA) is 89.9 Å². The Balaban J connectivity index is 2.66. The van der Waals surface area contributed by atoms with E-state index in [2.05, 4.69) is 20.3 Å². The first kappa shape index (κ1) is 15.6. The zero-order valence-corrected chi connectivity index (χ0v) is 11.8. The SMILES string of the molecule is CC(=O)ON=Cc1cccc(NC(=O)OC(C)(C)C)n1. The lowest BCUT2D eigenvalue weighted by Gasteiger charge is -2.19. The van der Waals surface area contributed by atoms with Crippen molar-refractivity contribution in [2.45, 2.75) is 33.3 Å². The highest BCUT2D eigenvalue weighted by molar-refractivity contribution is 5.85. The number of ether oxygens (including phenoxy) is 1. The number of amides is 1. The van der Waals surface area contributed by atoms with Gasteiger partial charge in [0.05, 0.1) is 11.9 Å². The molecule has 0 saturated heterocycles. The van der Waals surface area contributed by atoms with Gasteiger partial charge in [0.1, 0.15) is 11.4 Å². The minimum Gasteiger partial charge on any atom is -0.444 e. The van der Waals surface area contributed by atoms with E-state index >= 15 is 0 Å². The van der Waals surface area contributed by atoms with Crippen LogP contribution < -0.4 is 5.32 Å². The van der Waals surface area contributed by atoms with Gasteiger partial charge < -0.3 is 9.57 Å². The molecular weight excluding hydrogens is 262 g/mol. The van der Waals surface area contributed by atoms with Crippen molar-refractivity contribution in [3.8, 4) is 0 Å². The van der Waals surface area contributed by atoms with E-state index in [0.29, 0.717) is 11.5 Å². The fourth-order valence-electron chi connectivity index (χ4n) is 1.16. The number of rotatable bonds is 3. The third-order valence-corrected chi connectivity index (χ3v) is 1.77. The molecule has 108 valence electrons. The molecule has 7 nitrogen and oxygen atoms in total. The monoisotopic (exact) mass is 279 g/mol. The van der Waals surface area contributed by atoms with Gasteiger partial charge in [-0.05, 0) is 32.9 Å². The molecule has 1 amide bonds. The number of aromatic nitrogens is 1. The van der Waals surface area contributed by atoms with Crippen molar-refractivity contribution in [3.05, 3.63) is 23.9 Å². The molecule has 0 fully saturated rings. The van der Waals surface area contributed by atoms with Crippen LogP contribution in [-0.2, 0) is 14.4 Å². The summed E-state index contributed by atoms with van der Waals surface area (Å²) in [4.78, 5) is 30.6. The van der Waals surface area contributed by atoms with Gasteiger partial charge >= 0.3 is 12.1 Å². The van der Waals surface area contributed by atoms with Crippen LogP contribution in [0.2, 0.25) is 0 Å². The van der Waals surface area contributed by atoms with Crippen LogP contribution in [0.5, 0.6) is 0 Å². The van der Waals surface area contributed by atoms with E-state index in [0.717, 1.165) is 0 Å². The molecular formula is C13H17N3O4. The van der Waals surface area contributed by atoms with Crippen LogP contribution >= 0.6 is 0 Å². The molecule has 0 unspecified atom stereocenters. The quantitative estimate of drug-likeness (QED) is 0.521. The summed E-state index contributed by atoms with van der Waals surface area (Å²) in [5.74, 6) is -0.213. The van der Waals surface area contributed by atoms with Gasteiger partial charge in [-0.25, -0.2) is 14.6 Å². The van der Waals surface area contributed by atoms with Gasteiger partial charge in [-0.15, -0.1) is 0 Å². The van der Waals surface area contributed by atoms with Gasteiger partial charge in [-0.2, -0.15) is 0 Å². The Morgan fingerprint density at radius 2 is 2.05 bits per heavy atom. The number of hydrogen-bond acceptors (Lipinski definition) is 6. The van der Waals surface area contributed by atoms with Crippen molar-refractivity contribution in [1.82, 2.24) is 4.98 Å². The molecule has 20 heavy (non-hydrogen) atoms. The average molecular weight is 279 g/mol. The maximum Gasteiger partial charge on any atom is 0.413 e. The van der Waals surface area contributed by atoms with Crippen molar-refractivity contribution in [2.24, 2.45) is 5.16 Å². The molecule has 0 aromatic carbocycles. The summed E-state index contributed by atoms with van der Waals surface area (Å²) in [6, 6.07) is 4.93. The van der Waals surface area contributed by atoms with E-state index in [4.69, 9.17) is 4.74 Å². The highest BCUT2D eigenvalue weighted by Gasteiger charge is 2.16. The average Bonchev–Trinajstić information content (AvgIpc) is 2.26. The molecule has 0 radical (unpaired) electrons. The number of oxime groups is 1. The first-order valence-corrected chi connectivity index (χ1v) is 5.94. The minimum absolute atomic E-state index is 0.311. The van der Waals surface area contributed by atoms with Gasteiger partial charge in [-0.1, -0.05) is 11.2 Å². The van der Waals surface area contributed by atoms with Gasteiger partial charge in [-0.3, -0.25) is 5.32 Å². The molecule has 0 saturated carbocycles. The third-order valence-electron chi connectivity index (χ3n) is 1.77.